The molecule has 4 rings (SSSR count). The lowest BCUT2D eigenvalue weighted by Gasteiger charge is -2.09. The van der Waals surface area contributed by atoms with E-state index in [4.69, 9.17) is 5.14 Å². The molecule has 1 aromatic carbocycles. The topological polar surface area (TPSA) is 137 Å². The Morgan fingerprint density at radius 1 is 1.10 bits per heavy atom. The van der Waals surface area contributed by atoms with Crippen LogP contribution in [0.2, 0.25) is 0 Å². The molecule has 9 nitrogen and oxygen atoms in total. The van der Waals surface area contributed by atoms with Gasteiger partial charge in [-0.3, -0.25) is 0 Å². The molecule has 144 valence electrons. The number of nitrogens with two attached hydrogens (primary N) is 1. The van der Waals surface area contributed by atoms with Gasteiger partial charge in [-0.1, -0.05) is 0 Å². The average Bonchev–Trinajstić information content (AvgIpc) is 3.10. The first-order chi connectivity index (χ1) is 13.9. The van der Waals surface area contributed by atoms with Crippen molar-refractivity contribution in [3.05, 3.63) is 72.3 Å². The summed E-state index contributed by atoms with van der Waals surface area (Å²) in [5, 5.41) is 14.3. The van der Waals surface area contributed by atoms with Crippen LogP contribution >= 0.6 is 0 Å². The van der Waals surface area contributed by atoms with Crippen LogP contribution in [0.1, 0.15) is 11.3 Å². The van der Waals surface area contributed by atoms with Crippen LogP contribution in [0.25, 0.3) is 22.4 Å². The fraction of sp³-hybridized carbons (Fsp3) is 0.0526. The second-order valence-electron chi connectivity index (χ2n) is 6.13. The van der Waals surface area contributed by atoms with Crippen LogP contribution in [0.15, 0.2) is 61.1 Å². The van der Waals surface area contributed by atoms with Crippen molar-refractivity contribution in [2.45, 2.75) is 6.54 Å². The quantitative estimate of drug-likeness (QED) is 0.535. The van der Waals surface area contributed by atoms with Gasteiger partial charge >= 0.3 is 10.3 Å². The largest absolute Gasteiger partial charge is 0.380 e. The third kappa shape index (κ3) is 4.06. The number of nitrogens with zero attached hydrogens (tertiary/aromatic N) is 5. The predicted molar refractivity (Wildman–Crippen MR) is 105 cm³/mol. The molecular weight excluding hydrogens is 392 g/mol. The highest BCUT2D eigenvalue weighted by atomic mass is 32.2. The molecule has 0 saturated heterocycles. The van der Waals surface area contributed by atoms with E-state index in [1.165, 1.54) is 12.1 Å². The van der Waals surface area contributed by atoms with Gasteiger partial charge in [0, 0.05) is 11.8 Å². The Bertz CT molecular complexity index is 1340. The van der Waals surface area contributed by atoms with Crippen molar-refractivity contribution >= 4 is 21.5 Å². The lowest BCUT2D eigenvalue weighted by atomic mass is 10.1. The van der Waals surface area contributed by atoms with Gasteiger partial charge in [-0.25, -0.2) is 15.0 Å². The molecule has 0 saturated carbocycles. The van der Waals surface area contributed by atoms with E-state index in [9.17, 15) is 13.7 Å². The van der Waals surface area contributed by atoms with Crippen molar-refractivity contribution in [1.82, 2.24) is 19.5 Å². The number of rotatable bonds is 5. The van der Waals surface area contributed by atoms with E-state index in [1.807, 2.05) is 16.7 Å². The predicted octanol–water partition coefficient (Wildman–Crippen LogP) is 2.00. The Kier molecular flexibility index (Phi) is 4.67. The van der Waals surface area contributed by atoms with Gasteiger partial charge in [0.2, 0.25) is 0 Å². The van der Waals surface area contributed by atoms with Crippen molar-refractivity contribution in [2.75, 3.05) is 0 Å². The summed E-state index contributed by atoms with van der Waals surface area (Å²) in [5.74, 6) is 0.0712. The molecule has 0 aliphatic carbocycles. The van der Waals surface area contributed by atoms with E-state index in [2.05, 4.69) is 25.2 Å². The van der Waals surface area contributed by atoms with Crippen molar-refractivity contribution in [3.63, 3.8) is 0 Å². The van der Waals surface area contributed by atoms with E-state index in [0.29, 0.717) is 29.1 Å². The summed E-state index contributed by atoms with van der Waals surface area (Å²) in [6.45, 7) is 0.429. The monoisotopic (exact) mass is 406 g/mol. The van der Waals surface area contributed by atoms with Crippen molar-refractivity contribution in [3.8, 4) is 23.1 Å². The highest BCUT2D eigenvalue weighted by Crippen LogP contribution is 2.25. The Morgan fingerprint density at radius 2 is 1.90 bits per heavy atom. The maximum absolute atomic E-state index is 11.0. The zero-order chi connectivity index (χ0) is 20.4. The van der Waals surface area contributed by atoms with Crippen molar-refractivity contribution < 1.29 is 12.6 Å². The standard InChI is InChI=1S/C19H14N6O3S/c20-10-14-3-6-15(11-25-12-23-17-2-1-9-22-19(17)25)24-18(14)13-4-7-16(8-5-13)28-29(21,26)27/h1-9,12H,11H2,(H2,21,26,27). The number of hydrogen-bond acceptors (Lipinski definition) is 7. The highest BCUT2D eigenvalue weighted by Gasteiger charge is 2.12. The molecule has 29 heavy (non-hydrogen) atoms. The van der Waals surface area contributed by atoms with Gasteiger partial charge < -0.3 is 8.75 Å². The Labute approximate surface area is 166 Å². The van der Waals surface area contributed by atoms with E-state index in [1.54, 1.807) is 36.8 Å². The molecular formula is C19H14N6O3S. The van der Waals surface area contributed by atoms with Crippen LogP contribution in [0.5, 0.6) is 5.75 Å². The number of hydrogen-bond donors (Lipinski definition) is 1. The number of nitriles is 1. The fourth-order valence-corrected chi connectivity index (χ4v) is 3.27. The first-order valence-corrected chi connectivity index (χ1v) is 9.88. The number of pyridine rings is 2. The molecule has 0 aliphatic rings. The Hall–Kier alpha value is -3.81. The van der Waals surface area contributed by atoms with Gasteiger partial charge in [-0.15, -0.1) is 0 Å². The molecule has 0 aliphatic heterocycles. The molecule has 0 atom stereocenters. The SMILES string of the molecule is N#Cc1ccc(Cn2cnc3cccnc32)nc1-c1ccc(OS(N)(=O)=O)cc1. The lowest BCUT2D eigenvalue weighted by molar-refractivity contribution is 0.488. The number of imidazole rings is 1. The van der Waals surface area contributed by atoms with Gasteiger partial charge in [0.15, 0.2) is 5.65 Å². The molecule has 0 radical (unpaired) electrons. The molecule has 0 amide bonds. The molecule has 3 heterocycles. The van der Waals surface area contributed by atoms with Gasteiger partial charge in [0.25, 0.3) is 0 Å². The minimum atomic E-state index is -4.10. The van der Waals surface area contributed by atoms with E-state index in [-0.39, 0.29) is 5.75 Å². The summed E-state index contributed by atoms with van der Waals surface area (Å²) in [4.78, 5) is 13.3. The molecule has 3 aromatic heterocycles. The highest BCUT2D eigenvalue weighted by molar-refractivity contribution is 7.84. The third-order valence-electron chi connectivity index (χ3n) is 4.12. The van der Waals surface area contributed by atoms with Crippen molar-refractivity contribution in [1.29, 1.82) is 5.26 Å². The van der Waals surface area contributed by atoms with Gasteiger partial charge in [-0.2, -0.15) is 18.8 Å². The van der Waals surface area contributed by atoms with Crippen molar-refractivity contribution in [2.24, 2.45) is 5.14 Å². The minimum Gasteiger partial charge on any atom is -0.371 e. The van der Waals surface area contributed by atoms with Crippen LogP contribution in [0, 0.1) is 11.3 Å². The maximum atomic E-state index is 11.0. The normalized spacial score (nSPS) is 11.3. The zero-order valence-electron chi connectivity index (χ0n) is 14.9. The summed E-state index contributed by atoms with van der Waals surface area (Å²) < 4.78 is 28.6. The molecule has 4 aromatic rings. The average molecular weight is 406 g/mol. The molecule has 0 fully saturated rings. The van der Waals surface area contributed by atoms with Crippen LogP contribution in [0.4, 0.5) is 0 Å². The van der Waals surface area contributed by atoms with Crippen LogP contribution < -0.4 is 9.32 Å². The molecule has 0 unspecified atom stereocenters. The second-order valence-corrected chi connectivity index (χ2v) is 7.28. The first kappa shape index (κ1) is 18.5. The third-order valence-corrected chi connectivity index (χ3v) is 4.54. The van der Waals surface area contributed by atoms with E-state index < -0.39 is 10.3 Å². The lowest BCUT2D eigenvalue weighted by Crippen LogP contribution is -2.18. The van der Waals surface area contributed by atoms with Crippen LogP contribution in [-0.2, 0) is 16.8 Å². The number of fused-ring (bicyclic) bond motifs is 1. The number of benzene rings is 1. The van der Waals surface area contributed by atoms with Crippen LogP contribution in [-0.4, -0.2) is 27.9 Å². The molecule has 0 spiro atoms. The van der Waals surface area contributed by atoms with E-state index in [0.717, 1.165) is 11.2 Å². The summed E-state index contributed by atoms with van der Waals surface area (Å²) in [6.07, 6.45) is 3.39. The molecule has 0 bridgehead atoms. The summed E-state index contributed by atoms with van der Waals surface area (Å²) in [6, 6.07) is 15.4. The summed E-state index contributed by atoms with van der Waals surface area (Å²) >= 11 is 0. The molecule has 2 N–H and O–H groups in total. The maximum Gasteiger partial charge on any atom is 0.380 e. The van der Waals surface area contributed by atoms with Gasteiger partial charge in [0.05, 0.1) is 29.8 Å². The number of aromatic nitrogens is 4. The smallest absolute Gasteiger partial charge is 0.371 e. The minimum absolute atomic E-state index is 0.0712. The Balaban J connectivity index is 1.68. The van der Waals surface area contributed by atoms with Gasteiger partial charge in [0.1, 0.15) is 17.3 Å². The van der Waals surface area contributed by atoms with Gasteiger partial charge in [-0.05, 0) is 48.5 Å². The zero-order valence-corrected chi connectivity index (χ0v) is 15.7. The summed E-state index contributed by atoms with van der Waals surface area (Å²) in [5.41, 5.74) is 3.75. The fourth-order valence-electron chi connectivity index (χ4n) is 2.89. The second kappa shape index (κ2) is 7.31. The summed E-state index contributed by atoms with van der Waals surface area (Å²) in [7, 11) is -4.10. The van der Waals surface area contributed by atoms with E-state index >= 15 is 0 Å². The molecule has 10 heteroatoms. The Morgan fingerprint density at radius 3 is 2.62 bits per heavy atom. The first-order valence-electron chi connectivity index (χ1n) is 8.41. The van der Waals surface area contributed by atoms with Crippen LogP contribution in [0.3, 0.4) is 0 Å².